The molecular formula is C18H25N5. The van der Waals surface area contributed by atoms with Crippen LogP contribution in [0.5, 0.6) is 0 Å². The van der Waals surface area contributed by atoms with Crippen molar-refractivity contribution in [1.82, 2.24) is 10.0 Å². The minimum absolute atomic E-state index is 0.0270. The van der Waals surface area contributed by atoms with Gasteiger partial charge in [-0.1, -0.05) is 48.5 Å². The molecular weight excluding hydrogens is 286 g/mol. The maximum atomic E-state index is 6.07. The average molecular weight is 311 g/mol. The van der Waals surface area contributed by atoms with Crippen molar-refractivity contribution in [2.75, 3.05) is 20.6 Å². The zero-order chi connectivity index (χ0) is 16.7. The maximum absolute atomic E-state index is 6.07. The van der Waals surface area contributed by atoms with Gasteiger partial charge in [0, 0.05) is 0 Å². The van der Waals surface area contributed by atoms with Crippen molar-refractivity contribution in [2.45, 2.75) is 12.5 Å². The van der Waals surface area contributed by atoms with E-state index in [1.807, 2.05) is 32.3 Å². The molecule has 0 amide bonds. The number of benzene rings is 2. The highest BCUT2D eigenvalue weighted by atomic mass is 15.6. The third-order valence-electron chi connectivity index (χ3n) is 3.75. The molecule has 0 aromatic heterocycles. The topological polar surface area (TPSA) is 70.9 Å². The zero-order valence-corrected chi connectivity index (χ0v) is 13.8. The Morgan fingerprint density at radius 2 is 1.74 bits per heavy atom. The first kappa shape index (κ1) is 17.0. The van der Waals surface area contributed by atoms with Crippen LogP contribution in [0.3, 0.4) is 0 Å². The standard InChI is InChI=1S/C18H25N5/c1-22(2)12-11-18(23(20)21-14-19)17-10-6-9-16(13-17)15-7-4-3-5-8-15/h3-10,13-14,18H,11-12,20H2,1-2H3,(H2,19,21). The van der Waals surface area contributed by atoms with E-state index in [0.717, 1.165) is 18.5 Å². The number of nitrogens with two attached hydrogens (primary N) is 2. The number of hydrazone groups is 1. The largest absolute Gasteiger partial charge is 0.388 e. The Kier molecular flexibility index (Phi) is 6.14. The van der Waals surface area contributed by atoms with Gasteiger partial charge >= 0.3 is 0 Å². The SMILES string of the molecule is CN(C)CCC(c1cccc(-c2ccccc2)c1)N(N)/N=C\N. The summed E-state index contributed by atoms with van der Waals surface area (Å²) < 4.78 is 0. The molecule has 0 radical (unpaired) electrons. The number of nitrogens with zero attached hydrogens (tertiary/aromatic N) is 3. The van der Waals surface area contributed by atoms with Gasteiger partial charge in [-0.25, -0.2) is 11.0 Å². The summed E-state index contributed by atoms with van der Waals surface area (Å²) in [5, 5.41) is 5.47. The molecule has 23 heavy (non-hydrogen) atoms. The van der Waals surface area contributed by atoms with Crippen LogP contribution in [-0.2, 0) is 0 Å². The Hall–Kier alpha value is -2.37. The Morgan fingerprint density at radius 3 is 2.39 bits per heavy atom. The molecule has 2 rings (SSSR count). The highest BCUT2D eigenvalue weighted by molar-refractivity contribution is 5.64. The van der Waals surface area contributed by atoms with Crippen LogP contribution in [0.15, 0.2) is 59.7 Å². The van der Waals surface area contributed by atoms with Gasteiger partial charge in [-0.2, -0.15) is 5.10 Å². The lowest BCUT2D eigenvalue weighted by atomic mass is 9.98. The van der Waals surface area contributed by atoms with Crippen molar-refractivity contribution < 1.29 is 0 Å². The first-order chi connectivity index (χ1) is 11.1. The van der Waals surface area contributed by atoms with Gasteiger partial charge in [-0.3, -0.25) is 0 Å². The lowest BCUT2D eigenvalue weighted by Gasteiger charge is -2.26. The van der Waals surface area contributed by atoms with E-state index >= 15 is 0 Å². The van der Waals surface area contributed by atoms with E-state index in [1.165, 1.54) is 22.6 Å². The molecule has 2 aromatic rings. The molecule has 2 aromatic carbocycles. The summed E-state index contributed by atoms with van der Waals surface area (Å²) in [5.41, 5.74) is 8.88. The quantitative estimate of drug-likeness (QED) is 0.356. The van der Waals surface area contributed by atoms with E-state index in [4.69, 9.17) is 11.6 Å². The molecule has 122 valence electrons. The number of hydrogen-bond donors (Lipinski definition) is 2. The predicted octanol–water partition coefficient (Wildman–Crippen LogP) is 2.42. The molecule has 0 heterocycles. The Bertz CT molecular complexity index is 624. The molecule has 0 aliphatic carbocycles. The van der Waals surface area contributed by atoms with Crippen LogP contribution in [-0.4, -0.2) is 37.0 Å². The summed E-state index contributed by atoms with van der Waals surface area (Å²) in [4.78, 5) is 2.13. The molecule has 0 saturated heterocycles. The minimum Gasteiger partial charge on any atom is -0.388 e. The van der Waals surface area contributed by atoms with Crippen LogP contribution in [0.2, 0.25) is 0 Å². The summed E-state index contributed by atoms with van der Waals surface area (Å²) in [6.45, 7) is 0.911. The van der Waals surface area contributed by atoms with Crippen LogP contribution in [0, 0.1) is 0 Å². The Labute approximate surface area is 138 Å². The van der Waals surface area contributed by atoms with Crippen molar-refractivity contribution >= 4 is 6.34 Å². The fraction of sp³-hybridized carbons (Fsp3) is 0.278. The van der Waals surface area contributed by atoms with E-state index in [0.29, 0.717) is 0 Å². The van der Waals surface area contributed by atoms with Crippen molar-refractivity contribution in [1.29, 1.82) is 0 Å². The number of rotatable bonds is 7. The van der Waals surface area contributed by atoms with Crippen LogP contribution in [0.25, 0.3) is 11.1 Å². The molecule has 1 unspecified atom stereocenters. The highest BCUT2D eigenvalue weighted by Crippen LogP contribution is 2.27. The monoisotopic (exact) mass is 311 g/mol. The second kappa shape index (κ2) is 8.31. The Morgan fingerprint density at radius 1 is 1.04 bits per heavy atom. The maximum Gasteiger partial charge on any atom is 0.107 e. The molecule has 5 nitrogen and oxygen atoms in total. The van der Waals surface area contributed by atoms with Crippen molar-refractivity contribution in [3.8, 4) is 11.1 Å². The fourth-order valence-electron chi connectivity index (χ4n) is 2.55. The molecule has 4 N–H and O–H groups in total. The average Bonchev–Trinajstić information content (AvgIpc) is 2.56. The summed E-state index contributed by atoms with van der Waals surface area (Å²) in [6.07, 6.45) is 2.09. The van der Waals surface area contributed by atoms with E-state index < -0.39 is 0 Å². The predicted molar refractivity (Wildman–Crippen MR) is 96.5 cm³/mol. The van der Waals surface area contributed by atoms with Gasteiger partial charge < -0.3 is 10.6 Å². The van der Waals surface area contributed by atoms with Gasteiger partial charge in [0.15, 0.2) is 0 Å². The second-order valence-electron chi connectivity index (χ2n) is 5.74. The number of hydrazine groups is 1. The molecule has 0 bridgehead atoms. The van der Waals surface area contributed by atoms with E-state index in [2.05, 4.69) is 46.4 Å². The van der Waals surface area contributed by atoms with Gasteiger partial charge in [0.2, 0.25) is 0 Å². The van der Waals surface area contributed by atoms with Gasteiger partial charge in [0.1, 0.15) is 6.34 Å². The van der Waals surface area contributed by atoms with Crippen molar-refractivity contribution in [2.24, 2.45) is 16.7 Å². The van der Waals surface area contributed by atoms with Gasteiger partial charge in [-0.05, 0) is 49.8 Å². The molecule has 5 heteroatoms. The van der Waals surface area contributed by atoms with Crippen LogP contribution in [0.4, 0.5) is 0 Å². The third kappa shape index (κ3) is 4.81. The number of hydrogen-bond acceptors (Lipinski definition) is 4. The normalized spacial score (nSPS) is 12.7. The third-order valence-corrected chi connectivity index (χ3v) is 3.75. The van der Waals surface area contributed by atoms with Crippen LogP contribution in [0.1, 0.15) is 18.0 Å². The minimum atomic E-state index is -0.0270. The molecule has 0 saturated carbocycles. The van der Waals surface area contributed by atoms with Gasteiger partial charge in [0.05, 0.1) is 6.04 Å². The van der Waals surface area contributed by atoms with Crippen molar-refractivity contribution in [3.05, 3.63) is 60.2 Å². The molecule has 0 spiro atoms. The summed E-state index contributed by atoms with van der Waals surface area (Å²) in [5.74, 6) is 6.07. The highest BCUT2D eigenvalue weighted by Gasteiger charge is 2.17. The van der Waals surface area contributed by atoms with Crippen molar-refractivity contribution in [3.63, 3.8) is 0 Å². The molecule has 1 atom stereocenters. The zero-order valence-electron chi connectivity index (χ0n) is 13.8. The van der Waals surface area contributed by atoms with Crippen LogP contribution < -0.4 is 11.6 Å². The van der Waals surface area contributed by atoms with E-state index in [-0.39, 0.29) is 6.04 Å². The fourth-order valence-corrected chi connectivity index (χ4v) is 2.55. The Balaban J connectivity index is 2.30. The first-order valence-electron chi connectivity index (χ1n) is 7.70. The molecule has 0 aliphatic heterocycles. The van der Waals surface area contributed by atoms with Crippen LogP contribution >= 0.6 is 0 Å². The lowest BCUT2D eigenvalue weighted by molar-refractivity contribution is 0.187. The summed E-state index contributed by atoms with van der Waals surface area (Å²) >= 11 is 0. The van der Waals surface area contributed by atoms with Gasteiger partial charge in [-0.15, -0.1) is 0 Å². The second-order valence-corrected chi connectivity index (χ2v) is 5.74. The van der Waals surface area contributed by atoms with E-state index in [1.54, 1.807) is 0 Å². The smallest absolute Gasteiger partial charge is 0.107 e. The summed E-state index contributed by atoms with van der Waals surface area (Å²) in [6, 6.07) is 18.7. The van der Waals surface area contributed by atoms with E-state index in [9.17, 15) is 0 Å². The lowest BCUT2D eigenvalue weighted by Crippen LogP contribution is -2.33. The summed E-state index contributed by atoms with van der Waals surface area (Å²) in [7, 11) is 4.09. The van der Waals surface area contributed by atoms with Gasteiger partial charge in [0.25, 0.3) is 0 Å². The molecule has 0 aliphatic rings. The molecule has 0 fully saturated rings. The first-order valence-corrected chi connectivity index (χ1v) is 7.70.